The summed E-state index contributed by atoms with van der Waals surface area (Å²) in [4.78, 5) is 11.7. The Morgan fingerprint density at radius 1 is 1.42 bits per heavy atom. The van der Waals surface area contributed by atoms with Gasteiger partial charge in [0.05, 0.1) is 6.42 Å². The number of hydrogen-bond acceptors (Lipinski definition) is 2. The van der Waals surface area contributed by atoms with Crippen LogP contribution in [0, 0.1) is 0 Å². The minimum atomic E-state index is -0.285. The molecule has 64 valence electrons. The molecule has 1 amide bonds. The lowest BCUT2D eigenvalue weighted by Gasteiger charge is -1.98. The number of nitrogens with two attached hydrogens (primary N) is 1. The molecule has 0 radical (unpaired) electrons. The average molecular weight is 181 g/mol. The number of primary amides is 1. The van der Waals surface area contributed by atoms with E-state index in [4.69, 9.17) is 5.73 Å². The number of rotatable bonds is 3. The molecule has 0 aliphatic heterocycles. The second kappa shape index (κ2) is 4.16. The highest BCUT2D eigenvalue weighted by atomic mass is 32.2. The van der Waals surface area contributed by atoms with E-state index >= 15 is 0 Å². The van der Waals surface area contributed by atoms with Crippen LogP contribution in [-0.2, 0) is 11.2 Å². The van der Waals surface area contributed by atoms with Crippen molar-refractivity contribution < 1.29 is 4.79 Å². The molecule has 2 N–H and O–H groups in total. The summed E-state index contributed by atoms with van der Waals surface area (Å²) in [5.41, 5.74) is 6.02. The minimum Gasteiger partial charge on any atom is -0.369 e. The molecule has 0 atom stereocenters. The van der Waals surface area contributed by atoms with Crippen LogP contribution in [0.3, 0.4) is 0 Å². The van der Waals surface area contributed by atoms with Crippen LogP contribution in [-0.4, -0.2) is 12.2 Å². The van der Waals surface area contributed by atoms with Crippen LogP contribution in [0.25, 0.3) is 0 Å². The Kier molecular flexibility index (Phi) is 3.17. The highest BCUT2D eigenvalue weighted by Gasteiger charge is 1.97. The number of hydrogen-bond donors (Lipinski definition) is 1. The van der Waals surface area contributed by atoms with Crippen molar-refractivity contribution in [2.75, 3.05) is 6.26 Å². The van der Waals surface area contributed by atoms with Crippen molar-refractivity contribution >= 4 is 17.7 Å². The van der Waals surface area contributed by atoms with Gasteiger partial charge in [-0.3, -0.25) is 4.79 Å². The van der Waals surface area contributed by atoms with Gasteiger partial charge < -0.3 is 5.73 Å². The standard InChI is InChI=1S/C9H11NOS/c1-12-8-4-2-7(3-5-8)6-9(10)11/h2-5H,6H2,1H3,(H2,10,11). The van der Waals surface area contributed by atoms with Gasteiger partial charge in [0, 0.05) is 4.90 Å². The highest BCUT2D eigenvalue weighted by Crippen LogP contribution is 2.14. The van der Waals surface area contributed by atoms with Gasteiger partial charge in [-0.2, -0.15) is 0 Å². The summed E-state index contributed by atoms with van der Waals surface area (Å²) in [5.74, 6) is -0.285. The van der Waals surface area contributed by atoms with E-state index in [0.29, 0.717) is 6.42 Å². The first kappa shape index (κ1) is 9.13. The Morgan fingerprint density at radius 2 is 2.00 bits per heavy atom. The zero-order valence-corrected chi connectivity index (χ0v) is 7.73. The molecular weight excluding hydrogens is 170 g/mol. The Hall–Kier alpha value is -0.960. The zero-order chi connectivity index (χ0) is 8.97. The number of benzene rings is 1. The fourth-order valence-corrected chi connectivity index (χ4v) is 1.35. The van der Waals surface area contributed by atoms with Crippen molar-refractivity contribution in [1.82, 2.24) is 0 Å². The van der Waals surface area contributed by atoms with E-state index in [1.165, 1.54) is 4.90 Å². The van der Waals surface area contributed by atoms with Crippen molar-refractivity contribution in [2.45, 2.75) is 11.3 Å². The van der Waals surface area contributed by atoms with Gasteiger partial charge in [-0.05, 0) is 24.0 Å². The molecule has 12 heavy (non-hydrogen) atoms. The molecular formula is C9H11NOS. The van der Waals surface area contributed by atoms with Gasteiger partial charge in [0.15, 0.2) is 0 Å². The predicted octanol–water partition coefficient (Wildman–Crippen LogP) is 1.44. The van der Waals surface area contributed by atoms with E-state index in [1.54, 1.807) is 11.8 Å². The van der Waals surface area contributed by atoms with Gasteiger partial charge in [0.2, 0.25) is 5.91 Å². The van der Waals surface area contributed by atoms with Crippen LogP contribution in [0.15, 0.2) is 29.2 Å². The topological polar surface area (TPSA) is 43.1 Å². The first-order valence-corrected chi connectivity index (χ1v) is 4.86. The van der Waals surface area contributed by atoms with Crippen molar-refractivity contribution in [3.63, 3.8) is 0 Å². The Morgan fingerprint density at radius 3 is 2.42 bits per heavy atom. The Labute approximate surface area is 76.2 Å². The van der Waals surface area contributed by atoms with Crippen molar-refractivity contribution in [3.05, 3.63) is 29.8 Å². The summed E-state index contributed by atoms with van der Waals surface area (Å²) < 4.78 is 0. The number of thioether (sulfide) groups is 1. The van der Waals surface area contributed by atoms with Crippen LogP contribution in [0.1, 0.15) is 5.56 Å². The summed E-state index contributed by atoms with van der Waals surface area (Å²) >= 11 is 1.68. The molecule has 0 heterocycles. The lowest BCUT2D eigenvalue weighted by Crippen LogP contribution is -2.13. The fourth-order valence-electron chi connectivity index (χ4n) is 0.945. The van der Waals surface area contributed by atoms with Crippen LogP contribution in [0.4, 0.5) is 0 Å². The summed E-state index contributed by atoms with van der Waals surface area (Å²) in [7, 11) is 0. The van der Waals surface area contributed by atoms with E-state index in [-0.39, 0.29) is 5.91 Å². The number of carbonyl (C=O) groups excluding carboxylic acids is 1. The van der Waals surface area contributed by atoms with Gasteiger partial charge >= 0.3 is 0 Å². The quantitative estimate of drug-likeness (QED) is 0.717. The molecule has 0 saturated heterocycles. The van der Waals surface area contributed by atoms with E-state index in [1.807, 2.05) is 30.5 Å². The molecule has 0 spiro atoms. The van der Waals surface area contributed by atoms with Crippen LogP contribution >= 0.6 is 11.8 Å². The molecule has 0 fully saturated rings. The van der Waals surface area contributed by atoms with Gasteiger partial charge in [0.1, 0.15) is 0 Å². The zero-order valence-electron chi connectivity index (χ0n) is 6.91. The lowest BCUT2D eigenvalue weighted by atomic mass is 10.1. The fraction of sp³-hybridized carbons (Fsp3) is 0.222. The summed E-state index contributed by atoms with van der Waals surface area (Å²) in [5, 5.41) is 0. The van der Waals surface area contributed by atoms with Crippen LogP contribution < -0.4 is 5.73 Å². The molecule has 3 heteroatoms. The highest BCUT2D eigenvalue weighted by molar-refractivity contribution is 7.98. The van der Waals surface area contributed by atoms with Gasteiger partial charge in [-0.25, -0.2) is 0 Å². The molecule has 0 aromatic heterocycles. The molecule has 0 aliphatic rings. The van der Waals surface area contributed by atoms with E-state index in [2.05, 4.69) is 0 Å². The Balaban J connectivity index is 2.71. The largest absolute Gasteiger partial charge is 0.369 e. The van der Waals surface area contributed by atoms with Crippen molar-refractivity contribution in [3.8, 4) is 0 Å². The van der Waals surface area contributed by atoms with Gasteiger partial charge in [0.25, 0.3) is 0 Å². The molecule has 1 aromatic rings. The lowest BCUT2D eigenvalue weighted by molar-refractivity contribution is -0.117. The third-order valence-electron chi connectivity index (χ3n) is 1.54. The van der Waals surface area contributed by atoms with Gasteiger partial charge in [-0.15, -0.1) is 11.8 Å². The average Bonchev–Trinajstić information content (AvgIpc) is 2.05. The molecule has 0 saturated carbocycles. The molecule has 0 aliphatic carbocycles. The van der Waals surface area contributed by atoms with E-state index < -0.39 is 0 Å². The maximum absolute atomic E-state index is 10.5. The summed E-state index contributed by atoms with van der Waals surface area (Å²) in [6.45, 7) is 0. The number of amides is 1. The summed E-state index contributed by atoms with van der Waals surface area (Å²) in [6, 6.07) is 7.83. The first-order valence-electron chi connectivity index (χ1n) is 3.63. The second-order valence-electron chi connectivity index (χ2n) is 2.49. The molecule has 0 bridgehead atoms. The monoisotopic (exact) mass is 181 g/mol. The molecule has 0 unspecified atom stereocenters. The number of carbonyl (C=O) groups is 1. The van der Waals surface area contributed by atoms with E-state index in [9.17, 15) is 4.79 Å². The maximum Gasteiger partial charge on any atom is 0.221 e. The first-order chi connectivity index (χ1) is 5.72. The normalized spacial score (nSPS) is 9.75. The van der Waals surface area contributed by atoms with Crippen LogP contribution in [0.2, 0.25) is 0 Å². The summed E-state index contributed by atoms with van der Waals surface area (Å²) in [6.07, 6.45) is 2.34. The van der Waals surface area contributed by atoms with Gasteiger partial charge in [-0.1, -0.05) is 12.1 Å². The maximum atomic E-state index is 10.5. The third-order valence-corrected chi connectivity index (χ3v) is 2.28. The SMILES string of the molecule is CSc1ccc(CC(N)=O)cc1. The smallest absolute Gasteiger partial charge is 0.221 e. The molecule has 1 rings (SSSR count). The van der Waals surface area contributed by atoms with Crippen LogP contribution in [0.5, 0.6) is 0 Å². The Bertz CT molecular complexity index is 268. The third kappa shape index (κ3) is 2.58. The van der Waals surface area contributed by atoms with Crippen molar-refractivity contribution in [1.29, 1.82) is 0 Å². The minimum absolute atomic E-state index is 0.285. The van der Waals surface area contributed by atoms with E-state index in [0.717, 1.165) is 5.56 Å². The molecule has 1 aromatic carbocycles. The predicted molar refractivity (Wildman–Crippen MR) is 51.1 cm³/mol. The second-order valence-corrected chi connectivity index (χ2v) is 3.37. The van der Waals surface area contributed by atoms with Crippen molar-refractivity contribution in [2.24, 2.45) is 5.73 Å². The molecule has 2 nitrogen and oxygen atoms in total.